The molecule has 0 saturated carbocycles. The molecule has 0 saturated heterocycles. The Kier molecular flexibility index (Phi) is 4.36. The van der Waals surface area contributed by atoms with Crippen LogP contribution < -0.4 is 10.6 Å². The lowest BCUT2D eigenvalue weighted by Gasteiger charge is -2.23. The average Bonchev–Trinajstić information content (AvgIpc) is 2.62. The highest BCUT2D eigenvalue weighted by Crippen LogP contribution is 2.01. The Morgan fingerprint density at radius 2 is 2.13 bits per heavy atom. The number of hydrogen-bond acceptors (Lipinski definition) is 3. The van der Waals surface area contributed by atoms with Crippen molar-refractivity contribution in [1.82, 2.24) is 10.6 Å². The normalized spacial score (nSPS) is 14.1. The van der Waals surface area contributed by atoms with Crippen LogP contribution in [0.1, 0.15) is 33.3 Å². The van der Waals surface area contributed by atoms with E-state index >= 15 is 0 Å². The van der Waals surface area contributed by atoms with Gasteiger partial charge in [0.15, 0.2) is 0 Å². The molecular weight excluding hydrogens is 188 g/mol. The lowest BCUT2D eigenvalue weighted by molar-refractivity contribution is 0.387. The van der Waals surface area contributed by atoms with Crippen LogP contribution >= 0.6 is 0 Å². The first-order valence-electron chi connectivity index (χ1n) is 5.47. The van der Waals surface area contributed by atoms with Gasteiger partial charge in [0.25, 0.3) is 0 Å². The second kappa shape index (κ2) is 5.33. The van der Waals surface area contributed by atoms with Crippen molar-refractivity contribution in [2.24, 2.45) is 0 Å². The van der Waals surface area contributed by atoms with Gasteiger partial charge in [0.1, 0.15) is 0 Å². The van der Waals surface area contributed by atoms with Crippen LogP contribution in [-0.4, -0.2) is 18.1 Å². The van der Waals surface area contributed by atoms with Crippen LogP contribution in [0, 0.1) is 0 Å². The molecule has 0 aliphatic carbocycles. The molecule has 0 fully saturated rings. The first-order chi connectivity index (χ1) is 6.97. The van der Waals surface area contributed by atoms with Crippen molar-refractivity contribution in [3.05, 3.63) is 24.2 Å². The van der Waals surface area contributed by atoms with Crippen LogP contribution in [0.4, 0.5) is 0 Å². The molecular formula is C12H22N2O. The third-order valence-corrected chi connectivity index (χ3v) is 2.17. The van der Waals surface area contributed by atoms with Crippen LogP contribution in [0.5, 0.6) is 0 Å². The molecule has 0 spiro atoms. The van der Waals surface area contributed by atoms with Crippen LogP contribution in [-0.2, 0) is 6.54 Å². The highest BCUT2D eigenvalue weighted by atomic mass is 16.3. The summed E-state index contributed by atoms with van der Waals surface area (Å²) in [5, 5.41) is 6.90. The quantitative estimate of drug-likeness (QED) is 0.782. The highest BCUT2D eigenvalue weighted by Gasteiger charge is 2.10. The molecule has 3 heteroatoms. The maximum Gasteiger partial charge on any atom is 0.0947 e. The third kappa shape index (κ3) is 5.60. The lowest BCUT2D eigenvalue weighted by Crippen LogP contribution is -2.44. The smallest absolute Gasteiger partial charge is 0.0947 e. The number of furan rings is 1. The molecule has 1 rings (SSSR count). The van der Waals surface area contributed by atoms with Crippen molar-refractivity contribution >= 4 is 0 Å². The van der Waals surface area contributed by atoms with E-state index < -0.39 is 0 Å². The van der Waals surface area contributed by atoms with E-state index in [0.717, 1.165) is 13.1 Å². The minimum atomic E-state index is 0.186. The zero-order chi connectivity index (χ0) is 11.3. The standard InChI is InChI=1S/C12H22N2O/c1-10(7-14-12(2,3)4)13-8-11-5-6-15-9-11/h5-6,9-10,13-14H,7-8H2,1-4H3. The lowest BCUT2D eigenvalue weighted by atomic mass is 10.1. The van der Waals surface area contributed by atoms with Crippen molar-refractivity contribution in [2.75, 3.05) is 6.54 Å². The molecule has 1 aromatic heterocycles. The third-order valence-electron chi connectivity index (χ3n) is 2.17. The molecule has 0 aliphatic rings. The Labute approximate surface area is 92.2 Å². The largest absolute Gasteiger partial charge is 0.472 e. The predicted octanol–water partition coefficient (Wildman–Crippen LogP) is 2.15. The Balaban J connectivity index is 2.16. The molecule has 0 amide bonds. The van der Waals surface area contributed by atoms with Gasteiger partial charge in [0.2, 0.25) is 0 Å². The summed E-state index contributed by atoms with van der Waals surface area (Å²) >= 11 is 0. The molecule has 0 radical (unpaired) electrons. The minimum absolute atomic E-state index is 0.186. The van der Waals surface area contributed by atoms with E-state index in [9.17, 15) is 0 Å². The van der Waals surface area contributed by atoms with E-state index in [0.29, 0.717) is 6.04 Å². The number of rotatable bonds is 5. The highest BCUT2D eigenvalue weighted by molar-refractivity contribution is 5.04. The van der Waals surface area contributed by atoms with Crippen LogP contribution in [0.15, 0.2) is 23.0 Å². The first-order valence-corrected chi connectivity index (χ1v) is 5.47. The molecule has 2 N–H and O–H groups in total. The second-order valence-corrected chi connectivity index (χ2v) is 5.04. The molecule has 1 atom stereocenters. The summed E-state index contributed by atoms with van der Waals surface area (Å²) in [5.41, 5.74) is 1.38. The second-order valence-electron chi connectivity index (χ2n) is 5.04. The molecule has 0 bridgehead atoms. The summed E-state index contributed by atoms with van der Waals surface area (Å²) in [6.45, 7) is 10.5. The van der Waals surface area contributed by atoms with Crippen LogP contribution in [0.2, 0.25) is 0 Å². The van der Waals surface area contributed by atoms with Gasteiger partial charge in [-0.3, -0.25) is 0 Å². The Hall–Kier alpha value is -0.800. The van der Waals surface area contributed by atoms with Gasteiger partial charge < -0.3 is 15.1 Å². The van der Waals surface area contributed by atoms with Gasteiger partial charge in [0.05, 0.1) is 12.5 Å². The minimum Gasteiger partial charge on any atom is -0.472 e. The van der Waals surface area contributed by atoms with E-state index in [1.54, 1.807) is 12.5 Å². The maximum absolute atomic E-state index is 5.01. The van der Waals surface area contributed by atoms with E-state index in [2.05, 4.69) is 38.3 Å². The van der Waals surface area contributed by atoms with Gasteiger partial charge in [-0.05, 0) is 33.8 Å². The van der Waals surface area contributed by atoms with Crippen molar-refractivity contribution < 1.29 is 4.42 Å². The van der Waals surface area contributed by atoms with Crippen molar-refractivity contribution in [2.45, 2.75) is 45.8 Å². The molecule has 86 valence electrons. The molecule has 1 aromatic rings. The van der Waals surface area contributed by atoms with Gasteiger partial charge in [0, 0.05) is 30.2 Å². The van der Waals surface area contributed by atoms with Crippen molar-refractivity contribution in [3.8, 4) is 0 Å². The molecule has 0 aromatic carbocycles. The summed E-state index contributed by atoms with van der Waals surface area (Å²) in [6, 6.07) is 2.44. The van der Waals surface area contributed by atoms with E-state index in [4.69, 9.17) is 4.42 Å². The van der Waals surface area contributed by atoms with Gasteiger partial charge in [-0.1, -0.05) is 0 Å². The van der Waals surface area contributed by atoms with Gasteiger partial charge >= 0.3 is 0 Å². The van der Waals surface area contributed by atoms with Crippen LogP contribution in [0.3, 0.4) is 0 Å². The maximum atomic E-state index is 5.01. The summed E-state index contributed by atoms with van der Waals surface area (Å²) in [4.78, 5) is 0. The molecule has 15 heavy (non-hydrogen) atoms. The molecule has 1 unspecified atom stereocenters. The fourth-order valence-electron chi connectivity index (χ4n) is 1.22. The topological polar surface area (TPSA) is 37.2 Å². The molecule has 0 aliphatic heterocycles. The fraction of sp³-hybridized carbons (Fsp3) is 0.667. The average molecular weight is 210 g/mol. The Morgan fingerprint density at radius 3 is 2.67 bits per heavy atom. The van der Waals surface area contributed by atoms with Gasteiger partial charge in [-0.25, -0.2) is 0 Å². The Morgan fingerprint density at radius 1 is 1.40 bits per heavy atom. The molecule has 3 nitrogen and oxygen atoms in total. The van der Waals surface area contributed by atoms with Gasteiger partial charge in [-0.2, -0.15) is 0 Å². The SMILES string of the molecule is CC(CNC(C)(C)C)NCc1ccoc1. The zero-order valence-electron chi connectivity index (χ0n) is 10.1. The summed E-state index contributed by atoms with van der Waals surface area (Å²) < 4.78 is 5.01. The monoisotopic (exact) mass is 210 g/mol. The van der Waals surface area contributed by atoms with Gasteiger partial charge in [-0.15, -0.1) is 0 Å². The Bertz CT molecular complexity index is 262. The predicted molar refractivity (Wildman–Crippen MR) is 62.8 cm³/mol. The summed E-state index contributed by atoms with van der Waals surface area (Å²) in [7, 11) is 0. The van der Waals surface area contributed by atoms with Crippen LogP contribution in [0.25, 0.3) is 0 Å². The summed E-state index contributed by atoms with van der Waals surface area (Å²) in [5.74, 6) is 0. The van der Waals surface area contributed by atoms with Crippen molar-refractivity contribution in [1.29, 1.82) is 0 Å². The fourth-order valence-corrected chi connectivity index (χ4v) is 1.22. The number of hydrogen-bond donors (Lipinski definition) is 2. The van der Waals surface area contributed by atoms with Crippen molar-refractivity contribution in [3.63, 3.8) is 0 Å². The van der Waals surface area contributed by atoms with E-state index in [1.807, 2.05) is 6.07 Å². The number of nitrogens with one attached hydrogen (secondary N) is 2. The van der Waals surface area contributed by atoms with E-state index in [-0.39, 0.29) is 5.54 Å². The first kappa shape index (κ1) is 12.3. The van der Waals surface area contributed by atoms with E-state index in [1.165, 1.54) is 5.56 Å². The summed E-state index contributed by atoms with van der Waals surface area (Å²) in [6.07, 6.45) is 3.48. The molecule has 1 heterocycles. The zero-order valence-corrected chi connectivity index (χ0v) is 10.1.